The van der Waals surface area contributed by atoms with E-state index < -0.39 is 24.1 Å². The smallest absolute Gasteiger partial charge is 0.361 e. The van der Waals surface area contributed by atoms with Gasteiger partial charge in [-0.05, 0) is 35.4 Å². The van der Waals surface area contributed by atoms with Crippen molar-refractivity contribution < 1.29 is 43.8 Å². The molecule has 212 valence electrons. The number of carbonyl (C=O) groups is 3. The van der Waals surface area contributed by atoms with Crippen LogP contribution in [0, 0.1) is 6.92 Å². The molecule has 0 heterocycles. The van der Waals surface area contributed by atoms with Gasteiger partial charge in [0.25, 0.3) is 0 Å². The van der Waals surface area contributed by atoms with Gasteiger partial charge in [0.15, 0.2) is 19.1 Å². The third-order valence-corrected chi connectivity index (χ3v) is 6.26. The number of quaternary nitrogens is 1. The van der Waals surface area contributed by atoms with Gasteiger partial charge in [0, 0.05) is 11.8 Å². The molecule has 0 aliphatic carbocycles. The van der Waals surface area contributed by atoms with Crippen LogP contribution in [-0.4, -0.2) is 62.4 Å². The number of hydrogen-bond donors (Lipinski definition) is 1. The topological polar surface area (TPSA) is 125 Å². The van der Waals surface area contributed by atoms with Crippen LogP contribution in [0.25, 0.3) is 0 Å². The van der Waals surface area contributed by atoms with E-state index >= 15 is 0 Å². The van der Waals surface area contributed by atoms with Crippen LogP contribution >= 0.6 is 11.6 Å². The normalized spacial score (nSPS) is 12.6. The van der Waals surface area contributed by atoms with E-state index in [1.165, 1.54) is 0 Å². The summed E-state index contributed by atoms with van der Waals surface area (Å²) in [5.74, 6) is 0.0644. The first-order valence-corrected chi connectivity index (χ1v) is 13.3. The number of ether oxygens (including phenoxy) is 5. The van der Waals surface area contributed by atoms with Crippen molar-refractivity contribution in [1.29, 1.82) is 0 Å². The zero-order valence-corrected chi connectivity index (χ0v) is 23.5. The zero-order chi connectivity index (χ0) is 28.8. The van der Waals surface area contributed by atoms with Gasteiger partial charge in [-0.25, -0.2) is 9.59 Å². The van der Waals surface area contributed by atoms with Gasteiger partial charge in [0.05, 0.1) is 12.8 Å². The van der Waals surface area contributed by atoms with Crippen LogP contribution in [0.5, 0.6) is 11.5 Å². The summed E-state index contributed by atoms with van der Waals surface area (Å²) < 4.78 is 27.1. The highest BCUT2D eigenvalue weighted by Gasteiger charge is 2.24. The second-order valence-electron chi connectivity index (χ2n) is 9.21. The van der Waals surface area contributed by atoms with Crippen molar-refractivity contribution in [2.24, 2.45) is 0 Å². The predicted octanol–water partition coefficient (Wildman–Crippen LogP) is 3.25. The van der Waals surface area contributed by atoms with Crippen molar-refractivity contribution in [3.8, 4) is 11.5 Å². The van der Waals surface area contributed by atoms with Crippen molar-refractivity contribution in [3.05, 3.63) is 66.6 Å². The van der Waals surface area contributed by atoms with Gasteiger partial charge in [0.2, 0.25) is 0 Å². The highest BCUT2D eigenvalue weighted by molar-refractivity contribution is 6.18. The number of alkyl halides is 1. The van der Waals surface area contributed by atoms with Crippen LogP contribution in [0.15, 0.2) is 48.5 Å². The number of benzene rings is 2. The summed E-state index contributed by atoms with van der Waals surface area (Å²) >= 11 is 5.88. The maximum atomic E-state index is 11.7. The molecule has 0 spiro atoms. The lowest BCUT2D eigenvalue weighted by Gasteiger charge is -2.27. The number of carbonyl (C=O) groups excluding carboxylic acids is 3. The first kappa shape index (κ1) is 31.8. The monoisotopic (exact) mass is 563 g/mol. The van der Waals surface area contributed by atoms with Gasteiger partial charge in [0.1, 0.15) is 37.4 Å². The van der Waals surface area contributed by atoms with Crippen LogP contribution < -0.4 is 15.2 Å². The number of rotatable bonds is 16. The van der Waals surface area contributed by atoms with Crippen LogP contribution in [0.2, 0.25) is 0 Å². The third kappa shape index (κ3) is 10.3. The summed E-state index contributed by atoms with van der Waals surface area (Å²) in [6.45, 7) is 9.49. The Balaban J connectivity index is 1.99. The molecule has 2 atom stereocenters. The molecule has 0 saturated carbocycles. The highest BCUT2D eigenvalue weighted by Crippen LogP contribution is 2.33. The summed E-state index contributed by atoms with van der Waals surface area (Å²) in [5.41, 5.74) is 5.28. The van der Waals surface area contributed by atoms with Crippen LogP contribution in [0.4, 0.5) is 0 Å². The minimum absolute atomic E-state index is 0.0165. The molecule has 9 nitrogen and oxygen atoms in total. The SMILES string of the molecule is [CH2+]CC(=O)OC(COC(=O)C[NH3+])COc1ccc(C(C)(C)c2ccc(OCC(CCl)OC(=O)CC)cc2)cc1. The van der Waals surface area contributed by atoms with E-state index in [9.17, 15) is 14.4 Å². The largest absolute Gasteiger partial charge is 0.490 e. The Morgan fingerprint density at radius 2 is 1.31 bits per heavy atom. The van der Waals surface area contributed by atoms with E-state index in [1.54, 1.807) is 6.92 Å². The first-order valence-electron chi connectivity index (χ1n) is 12.8. The molecule has 0 saturated heterocycles. The Labute approximate surface area is 234 Å². The zero-order valence-electron chi connectivity index (χ0n) is 22.8. The first-order chi connectivity index (χ1) is 18.6. The van der Waals surface area contributed by atoms with Crippen molar-refractivity contribution in [2.75, 3.05) is 32.2 Å². The van der Waals surface area contributed by atoms with Crippen molar-refractivity contribution >= 4 is 29.5 Å². The Morgan fingerprint density at radius 3 is 1.74 bits per heavy atom. The minimum atomic E-state index is -0.759. The van der Waals surface area contributed by atoms with Crippen molar-refractivity contribution in [1.82, 2.24) is 0 Å². The van der Waals surface area contributed by atoms with Crippen molar-refractivity contribution in [2.45, 2.75) is 51.2 Å². The van der Waals surface area contributed by atoms with E-state index in [-0.39, 0.29) is 56.5 Å². The Morgan fingerprint density at radius 1 is 0.821 bits per heavy atom. The lowest BCUT2D eigenvalue weighted by atomic mass is 9.78. The average Bonchev–Trinajstić information content (AvgIpc) is 2.96. The van der Waals surface area contributed by atoms with Gasteiger partial charge in [-0.1, -0.05) is 45.0 Å². The maximum absolute atomic E-state index is 11.7. The molecule has 0 aromatic heterocycles. The summed E-state index contributed by atoms with van der Waals surface area (Å²) in [6.07, 6.45) is -1.03. The van der Waals surface area contributed by atoms with E-state index in [0.717, 1.165) is 11.1 Å². The molecule has 0 radical (unpaired) electrons. The van der Waals surface area contributed by atoms with E-state index in [0.29, 0.717) is 11.5 Å². The Bertz CT molecular complexity index is 1060. The van der Waals surface area contributed by atoms with E-state index in [2.05, 4.69) is 26.5 Å². The number of hydrogen-bond acceptors (Lipinski definition) is 8. The summed E-state index contributed by atoms with van der Waals surface area (Å²) in [5, 5.41) is 0. The standard InChI is InChI=1S/C29H37ClNO8/c1-5-26(32)38-24(15-30)17-35-22-11-7-20(8-12-22)29(3,4)21-9-13-23(14-10-21)36-18-25(39-27(33)6-2)19-37-28(34)16-31/h7-14,24-25H,2,5-6,15-19,31H2,1,3-4H3/q+1/p+1. The summed E-state index contributed by atoms with van der Waals surface area (Å²) in [6, 6.07) is 15.3. The van der Waals surface area contributed by atoms with Gasteiger partial charge < -0.3 is 29.4 Å². The Kier molecular flexibility index (Phi) is 12.9. The fourth-order valence-electron chi connectivity index (χ4n) is 3.48. The maximum Gasteiger partial charge on any atom is 0.361 e. The molecule has 2 aromatic carbocycles. The van der Waals surface area contributed by atoms with Gasteiger partial charge >= 0.3 is 17.9 Å². The van der Waals surface area contributed by atoms with Crippen LogP contribution in [0.3, 0.4) is 0 Å². The van der Waals surface area contributed by atoms with E-state index in [1.807, 2.05) is 48.5 Å². The second-order valence-corrected chi connectivity index (χ2v) is 9.52. The molecule has 2 unspecified atom stereocenters. The third-order valence-electron chi connectivity index (χ3n) is 5.92. The number of esters is 3. The minimum Gasteiger partial charge on any atom is -0.490 e. The molecule has 0 fully saturated rings. The fraction of sp³-hybridized carbons (Fsp3) is 0.448. The molecule has 0 aliphatic heterocycles. The molecular formula is C29H38ClNO8+2. The molecule has 2 rings (SSSR count). The van der Waals surface area contributed by atoms with Gasteiger partial charge in [-0.15, -0.1) is 11.6 Å². The van der Waals surface area contributed by atoms with Gasteiger partial charge in [-0.2, -0.15) is 0 Å². The summed E-state index contributed by atoms with van der Waals surface area (Å²) in [4.78, 5) is 34.6. The molecule has 0 bridgehead atoms. The van der Waals surface area contributed by atoms with Crippen molar-refractivity contribution in [3.63, 3.8) is 0 Å². The lowest BCUT2D eigenvalue weighted by Crippen LogP contribution is -2.54. The molecule has 3 N–H and O–H groups in total. The quantitative estimate of drug-likeness (QED) is 0.143. The second kappa shape index (κ2) is 15.9. The van der Waals surface area contributed by atoms with Gasteiger partial charge in [-0.3, -0.25) is 4.79 Å². The summed E-state index contributed by atoms with van der Waals surface area (Å²) in [7, 11) is 0. The van der Waals surface area contributed by atoms with E-state index in [4.69, 9.17) is 35.3 Å². The van der Waals surface area contributed by atoms with Crippen LogP contribution in [-0.2, 0) is 34.0 Å². The van der Waals surface area contributed by atoms with Crippen LogP contribution in [0.1, 0.15) is 44.7 Å². The molecule has 0 aliphatic rings. The molecule has 10 heteroatoms. The molecule has 2 aromatic rings. The predicted molar refractivity (Wildman–Crippen MR) is 145 cm³/mol. The molecule has 0 amide bonds. The average molecular weight is 564 g/mol. The number of halogens is 1. The Hall–Kier alpha value is -3.43. The molecular weight excluding hydrogens is 526 g/mol. The lowest BCUT2D eigenvalue weighted by molar-refractivity contribution is -0.360. The fourth-order valence-corrected chi connectivity index (χ4v) is 3.63. The molecule has 39 heavy (non-hydrogen) atoms. The highest BCUT2D eigenvalue weighted by atomic mass is 35.5.